The lowest BCUT2D eigenvalue weighted by Gasteiger charge is -2.30. The van der Waals surface area contributed by atoms with Crippen molar-refractivity contribution in [2.75, 3.05) is 15.9 Å². The van der Waals surface area contributed by atoms with Crippen LogP contribution < -0.4 is 9.62 Å². The van der Waals surface area contributed by atoms with Crippen LogP contribution in [0.5, 0.6) is 0 Å². The highest BCUT2D eigenvalue weighted by molar-refractivity contribution is 7.92. The van der Waals surface area contributed by atoms with Gasteiger partial charge in [-0.3, -0.25) is 9.10 Å². The van der Waals surface area contributed by atoms with E-state index >= 15 is 0 Å². The summed E-state index contributed by atoms with van der Waals surface area (Å²) in [5.41, 5.74) is 4.26. The summed E-state index contributed by atoms with van der Waals surface area (Å²) in [5.74, 6) is -0.0944. The maximum Gasteiger partial charge on any atom is 0.248 e. The molecule has 0 saturated carbocycles. The van der Waals surface area contributed by atoms with Crippen LogP contribution in [-0.2, 0) is 14.8 Å². The number of nitrogens with zero attached hydrogens (tertiary/aromatic N) is 1. The number of sulfonamides is 1. The normalized spacial score (nSPS) is 12.7. The number of para-hydroxylation sites is 1. The zero-order valence-electron chi connectivity index (χ0n) is 17.5. The van der Waals surface area contributed by atoms with E-state index in [9.17, 15) is 13.2 Å². The molecule has 1 atom stereocenters. The van der Waals surface area contributed by atoms with Crippen LogP contribution in [0.3, 0.4) is 0 Å². The second kappa shape index (κ2) is 8.78. The Bertz CT molecular complexity index is 935. The Balaban J connectivity index is 2.45. The Morgan fingerprint density at radius 3 is 2.18 bits per heavy atom. The van der Waals surface area contributed by atoms with E-state index in [0.717, 1.165) is 28.6 Å². The van der Waals surface area contributed by atoms with Crippen molar-refractivity contribution in [3.05, 3.63) is 59.2 Å². The Morgan fingerprint density at radius 1 is 1.07 bits per heavy atom. The highest BCUT2D eigenvalue weighted by atomic mass is 32.2. The largest absolute Gasteiger partial charge is 0.324 e. The first kappa shape index (κ1) is 22.0. The van der Waals surface area contributed by atoms with Crippen LogP contribution in [0.1, 0.15) is 49.8 Å². The minimum absolute atomic E-state index is 0.235. The minimum Gasteiger partial charge on any atom is -0.324 e. The van der Waals surface area contributed by atoms with E-state index in [-0.39, 0.29) is 11.8 Å². The van der Waals surface area contributed by atoms with E-state index in [1.807, 2.05) is 51.1 Å². The van der Waals surface area contributed by atoms with E-state index in [1.54, 1.807) is 12.1 Å². The first-order chi connectivity index (χ1) is 13.1. The third-order valence-electron chi connectivity index (χ3n) is 4.79. The summed E-state index contributed by atoms with van der Waals surface area (Å²) in [6, 6.07) is 12.2. The molecule has 0 unspecified atom stereocenters. The van der Waals surface area contributed by atoms with Gasteiger partial charge in [-0.2, -0.15) is 0 Å². The van der Waals surface area contributed by atoms with Crippen LogP contribution in [0.25, 0.3) is 0 Å². The zero-order valence-corrected chi connectivity index (χ0v) is 18.3. The van der Waals surface area contributed by atoms with Gasteiger partial charge in [0.2, 0.25) is 15.9 Å². The molecule has 152 valence electrons. The molecule has 0 aliphatic heterocycles. The predicted octanol–water partition coefficient (Wildman–Crippen LogP) is 4.61. The Hall–Kier alpha value is -2.34. The molecule has 2 rings (SSSR count). The summed E-state index contributed by atoms with van der Waals surface area (Å²) < 4.78 is 26.3. The molecule has 0 aromatic heterocycles. The van der Waals surface area contributed by atoms with Crippen molar-refractivity contribution in [1.29, 1.82) is 0 Å². The van der Waals surface area contributed by atoms with Gasteiger partial charge >= 0.3 is 0 Å². The van der Waals surface area contributed by atoms with E-state index in [1.165, 1.54) is 4.31 Å². The summed E-state index contributed by atoms with van der Waals surface area (Å²) in [5, 5.41) is 3.00. The molecule has 0 fully saturated rings. The number of anilines is 2. The molecule has 1 N–H and O–H groups in total. The summed E-state index contributed by atoms with van der Waals surface area (Å²) in [6.45, 7) is 9.83. The molecule has 0 bridgehead atoms. The van der Waals surface area contributed by atoms with Gasteiger partial charge in [0.15, 0.2) is 0 Å². The van der Waals surface area contributed by atoms with Crippen LogP contribution >= 0.6 is 0 Å². The first-order valence-electron chi connectivity index (χ1n) is 9.52. The molecule has 28 heavy (non-hydrogen) atoms. The van der Waals surface area contributed by atoms with Crippen molar-refractivity contribution >= 4 is 27.3 Å². The third kappa shape index (κ3) is 4.93. The Morgan fingerprint density at radius 2 is 1.68 bits per heavy atom. The molecule has 0 aliphatic carbocycles. The predicted molar refractivity (Wildman–Crippen MR) is 116 cm³/mol. The molecule has 0 spiro atoms. The van der Waals surface area contributed by atoms with Crippen molar-refractivity contribution in [1.82, 2.24) is 0 Å². The summed E-state index contributed by atoms with van der Waals surface area (Å²) in [6.07, 6.45) is 1.49. The fourth-order valence-corrected chi connectivity index (χ4v) is 4.51. The second-order valence-corrected chi connectivity index (χ2v) is 9.36. The number of hydrogen-bond acceptors (Lipinski definition) is 3. The van der Waals surface area contributed by atoms with Crippen LogP contribution in [0.2, 0.25) is 0 Å². The van der Waals surface area contributed by atoms with Crippen LogP contribution in [-0.4, -0.2) is 26.6 Å². The summed E-state index contributed by atoms with van der Waals surface area (Å²) >= 11 is 0. The molecule has 1 amide bonds. The highest BCUT2D eigenvalue weighted by Crippen LogP contribution is 2.29. The van der Waals surface area contributed by atoms with Crippen molar-refractivity contribution in [3.63, 3.8) is 0 Å². The highest BCUT2D eigenvalue weighted by Gasteiger charge is 2.32. The van der Waals surface area contributed by atoms with Gasteiger partial charge in [-0.25, -0.2) is 8.42 Å². The van der Waals surface area contributed by atoms with Crippen LogP contribution in [0, 0.1) is 13.8 Å². The number of carbonyl (C=O) groups is 1. The maximum atomic E-state index is 13.2. The lowest BCUT2D eigenvalue weighted by Crippen LogP contribution is -2.47. The Kier molecular flexibility index (Phi) is 6.88. The van der Waals surface area contributed by atoms with Crippen LogP contribution in [0.4, 0.5) is 11.4 Å². The monoisotopic (exact) mass is 402 g/mol. The maximum absolute atomic E-state index is 13.2. The first-order valence-corrected chi connectivity index (χ1v) is 11.4. The Labute approximate surface area is 168 Å². The average molecular weight is 403 g/mol. The van der Waals surface area contributed by atoms with Crippen molar-refractivity contribution in [2.24, 2.45) is 0 Å². The van der Waals surface area contributed by atoms with Crippen molar-refractivity contribution in [3.8, 4) is 0 Å². The van der Waals surface area contributed by atoms with Crippen molar-refractivity contribution in [2.45, 2.75) is 53.0 Å². The number of rotatable bonds is 7. The van der Waals surface area contributed by atoms with Gasteiger partial charge in [0.25, 0.3) is 0 Å². The van der Waals surface area contributed by atoms with Gasteiger partial charge in [-0.15, -0.1) is 0 Å². The summed E-state index contributed by atoms with van der Waals surface area (Å²) in [4.78, 5) is 13.2. The molecule has 0 heterocycles. The number of benzene rings is 2. The smallest absolute Gasteiger partial charge is 0.248 e. The van der Waals surface area contributed by atoms with Gasteiger partial charge in [0, 0.05) is 5.69 Å². The fourth-order valence-electron chi connectivity index (χ4n) is 3.30. The van der Waals surface area contributed by atoms with Gasteiger partial charge in [0.05, 0.1) is 11.9 Å². The van der Waals surface area contributed by atoms with Gasteiger partial charge in [-0.1, -0.05) is 56.7 Å². The molecule has 2 aromatic carbocycles. The number of aryl methyl sites for hydroxylation is 2. The summed E-state index contributed by atoms with van der Waals surface area (Å²) in [7, 11) is -3.64. The van der Waals surface area contributed by atoms with E-state index in [0.29, 0.717) is 12.1 Å². The molecule has 0 radical (unpaired) electrons. The number of amides is 1. The minimum atomic E-state index is -3.64. The van der Waals surface area contributed by atoms with E-state index < -0.39 is 16.1 Å². The van der Waals surface area contributed by atoms with E-state index in [4.69, 9.17) is 0 Å². The molecule has 2 aromatic rings. The average Bonchev–Trinajstić information content (AvgIpc) is 2.61. The molecular formula is C22H30N2O3S. The second-order valence-electron chi connectivity index (χ2n) is 7.50. The lowest BCUT2D eigenvalue weighted by molar-refractivity contribution is -0.117. The molecule has 5 nitrogen and oxygen atoms in total. The molecule has 0 saturated heterocycles. The third-order valence-corrected chi connectivity index (χ3v) is 5.97. The standard InChI is InChI=1S/C22H30N2O3S/c1-7-20(24(28(6,26)27)18-13-11-16(4)12-14-18)22(25)23-21-17(5)9-8-10-19(21)15(2)3/h8-15,20H,7H2,1-6H3,(H,23,25)/t20-/m0/s1. The molecular weight excluding hydrogens is 372 g/mol. The van der Waals surface area contributed by atoms with Gasteiger partial charge in [0.1, 0.15) is 6.04 Å². The van der Waals surface area contributed by atoms with Gasteiger partial charge < -0.3 is 5.32 Å². The number of hydrogen-bond donors (Lipinski definition) is 1. The quantitative estimate of drug-likeness (QED) is 0.735. The number of nitrogens with one attached hydrogen (secondary N) is 1. The topological polar surface area (TPSA) is 66.5 Å². The fraction of sp³-hybridized carbons (Fsp3) is 0.409. The zero-order chi connectivity index (χ0) is 21.1. The lowest BCUT2D eigenvalue weighted by atomic mass is 9.98. The molecule has 6 heteroatoms. The molecule has 0 aliphatic rings. The van der Waals surface area contributed by atoms with Crippen LogP contribution in [0.15, 0.2) is 42.5 Å². The number of carbonyl (C=O) groups excluding carboxylic acids is 1. The SMILES string of the molecule is CC[C@@H](C(=O)Nc1c(C)cccc1C(C)C)N(c1ccc(C)cc1)S(C)(=O)=O. The van der Waals surface area contributed by atoms with E-state index in [2.05, 4.69) is 19.2 Å². The van der Waals surface area contributed by atoms with Crippen molar-refractivity contribution < 1.29 is 13.2 Å². The van der Waals surface area contributed by atoms with Gasteiger partial charge in [-0.05, 0) is 49.4 Å².